The van der Waals surface area contributed by atoms with E-state index in [-0.39, 0.29) is 18.9 Å². The number of carbonyl (C=O) groups excluding carboxylic acids is 2. The van der Waals surface area contributed by atoms with Gasteiger partial charge in [0.25, 0.3) is 0 Å². The lowest BCUT2D eigenvalue weighted by atomic mass is 9.97. The molecule has 0 aromatic heterocycles. The number of thioether (sulfide) groups is 1. The van der Waals surface area contributed by atoms with Crippen molar-refractivity contribution in [3.8, 4) is 11.1 Å². The molecule has 3 N–H and O–H groups in total. The Morgan fingerprint density at radius 1 is 1.09 bits per heavy atom. The third kappa shape index (κ3) is 5.50. The Morgan fingerprint density at radius 2 is 1.67 bits per heavy atom. The first-order valence-electron chi connectivity index (χ1n) is 11.0. The fraction of sp³-hybridized carbons (Fsp3) is 0.400. The van der Waals surface area contributed by atoms with Gasteiger partial charge in [0.15, 0.2) is 0 Å². The maximum absolute atomic E-state index is 12.8. The van der Waals surface area contributed by atoms with Crippen molar-refractivity contribution in [1.82, 2.24) is 10.6 Å². The summed E-state index contributed by atoms with van der Waals surface area (Å²) in [4.78, 5) is 37.0. The zero-order chi connectivity index (χ0) is 24.0. The molecule has 0 aliphatic heterocycles. The number of amides is 2. The van der Waals surface area contributed by atoms with Crippen LogP contribution in [-0.2, 0) is 14.3 Å². The molecule has 2 amide bonds. The Balaban J connectivity index is 1.65. The first kappa shape index (κ1) is 24.6. The van der Waals surface area contributed by atoms with Crippen molar-refractivity contribution in [3.63, 3.8) is 0 Å². The van der Waals surface area contributed by atoms with E-state index in [4.69, 9.17) is 4.74 Å². The third-order valence-corrected chi connectivity index (χ3v) is 6.79. The molecule has 2 aromatic rings. The summed E-state index contributed by atoms with van der Waals surface area (Å²) in [6, 6.07) is 15.1. The predicted molar refractivity (Wildman–Crippen MR) is 129 cm³/mol. The van der Waals surface area contributed by atoms with Crippen LogP contribution in [0.1, 0.15) is 43.7 Å². The molecule has 0 heterocycles. The van der Waals surface area contributed by atoms with E-state index >= 15 is 0 Å². The topological polar surface area (TPSA) is 105 Å². The Morgan fingerprint density at radius 3 is 2.18 bits per heavy atom. The van der Waals surface area contributed by atoms with E-state index in [1.54, 1.807) is 13.8 Å². The average Bonchev–Trinajstić information content (AvgIpc) is 3.13. The molecular formula is C25H30N2O5S. The zero-order valence-corrected chi connectivity index (χ0v) is 19.9. The molecular weight excluding hydrogens is 440 g/mol. The molecule has 2 atom stereocenters. The minimum atomic E-state index is -1.30. The molecule has 0 spiro atoms. The SMILES string of the molecule is CCC(C)(NC(=O)OCC1c2ccccc2-c2ccccc21)C(=O)NC(CCSC)C(=O)O. The molecule has 0 bridgehead atoms. The van der Waals surface area contributed by atoms with Crippen LogP contribution in [-0.4, -0.2) is 53.3 Å². The molecule has 8 heteroatoms. The Hall–Kier alpha value is -3.00. The number of aliphatic carboxylic acids is 1. The van der Waals surface area contributed by atoms with Gasteiger partial charge in [0, 0.05) is 5.92 Å². The maximum Gasteiger partial charge on any atom is 0.408 e. The molecule has 176 valence electrons. The Bertz CT molecular complexity index is 982. The third-order valence-electron chi connectivity index (χ3n) is 6.14. The zero-order valence-electron chi connectivity index (χ0n) is 19.1. The van der Waals surface area contributed by atoms with Gasteiger partial charge < -0.3 is 20.5 Å². The highest BCUT2D eigenvalue weighted by atomic mass is 32.2. The molecule has 1 aliphatic carbocycles. The first-order valence-corrected chi connectivity index (χ1v) is 12.4. The van der Waals surface area contributed by atoms with Gasteiger partial charge in [-0.3, -0.25) is 4.79 Å². The smallest absolute Gasteiger partial charge is 0.408 e. The quantitative estimate of drug-likeness (QED) is 0.485. The van der Waals surface area contributed by atoms with E-state index in [0.717, 1.165) is 22.3 Å². The Labute approximate surface area is 198 Å². The van der Waals surface area contributed by atoms with E-state index in [1.807, 2.05) is 42.7 Å². The van der Waals surface area contributed by atoms with E-state index in [1.165, 1.54) is 11.8 Å². The maximum atomic E-state index is 12.8. The lowest BCUT2D eigenvalue weighted by Crippen LogP contribution is -2.59. The van der Waals surface area contributed by atoms with Gasteiger partial charge in [-0.2, -0.15) is 11.8 Å². The van der Waals surface area contributed by atoms with Crippen molar-refractivity contribution < 1.29 is 24.2 Å². The molecule has 1 aliphatic rings. The monoisotopic (exact) mass is 470 g/mol. The molecule has 0 radical (unpaired) electrons. The Kier molecular flexibility index (Phi) is 8.02. The predicted octanol–water partition coefficient (Wildman–Crippen LogP) is 4.02. The van der Waals surface area contributed by atoms with Crippen molar-refractivity contribution >= 4 is 29.7 Å². The minimum absolute atomic E-state index is 0.0900. The van der Waals surface area contributed by atoms with Crippen LogP contribution in [0.2, 0.25) is 0 Å². The van der Waals surface area contributed by atoms with Gasteiger partial charge >= 0.3 is 12.1 Å². The molecule has 2 aromatic carbocycles. The van der Waals surface area contributed by atoms with Gasteiger partial charge in [0.05, 0.1) is 0 Å². The van der Waals surface area contributed by atoms with Crippen LogP contribution in [0, 0.1) is 0 Å². The van der Waals surface area contributed by atoms with Crippen molar-refractivity contribution in [3.05, 3.63) is 59.7 Å². The normalized spacial score (nSPS) is 15.0. The van der Waals surface area contributed by atoms with Crippen LogP contribution in [0.4, 0.5) is 4.79 Å². The van der Waals surface area contributed by atoms with Crippen molar-refractivity contribution in [2.75, 3.05) is 18.6 Å². The molecule has 0 saturated carbocycles. The van der Waals surface area contributed by atoms with Gasteiger partial charge in [0.1, 0.15) is 18.2 Å². The van der Waals surface area contributed by atoms with Gasteiger partial charge in [-0.15, -0.1) is 0 Å². The van der Waals surface area contributed by atoms with Crippen molar-refractivity contribution in [2.45, 2.75) is 44.2 Å². The summed E-state index contributed by atoms with van der Waals surface area (Å²) in [6.07, 6.45) is 1.73. The van der Waals surface area contributed by atoms with Gasteiger partial charge in [0.2, 0.25) is 5.91 Å². The van der Waals surface area contributed by atoms with Gasteiger partial charge in [-0.05, 0) is 54.0 Å². The van der Waals surface area contributed by atoms with Crippen LogP contribution in [0.5, 0.6) is 0 Å². The number of rotatable bonds is 10. The number of hydrogen-bond donors (Lipinski definition) is 3. The number of nitrogens with one attached hydrogen (secondary N) is 2. The number of benzene rings is 2. The molecule has 33 heavy (non-hydrogen) atoms. The summed E-state index contributed by atoms with van der Waals surface area (Å²) in [6.45, 7) is 3.45. The van der Waals surface area contributed by atoms with Crippen molar-refractivity contribution in [2.24, 2.45) is 0 Å². The number of alkyl carbamates (subject to hydrolysis) is 1. The number of carboxylic acids is 1. The van der Waals surface area contributed by atoms with E-state index in [2.05, 4.69) is 22.8 Å². The fourth-order valence-electron chi connectivity index (χ4n) is 3.98. The highest BCUT2D eigenvalue weighted by Crippen LogP contribution is 2.44. The molecule has 3 rings (SSSR count). The molecule has 0 fully saturated rings. The fourth-order valence-corrected chi connectivity index (χ4v) is 4.45. The number of ether oxygens (including phenoxy) is 1. The molecule has 0 saturated heterocycles. The van der Waals surface area contributed by atoms with Crippen LogP contribution >= 0.6 is 11.8 Å². The summed E-state index contributed by atoms with van der Waals surface area (Å²) < 4.78 is 5.55. The summed E-state index contributed by atoms with van der Waals surface area (Å²) in [5.74, 6) is -1.14. The number of carboxylic acid groups (broad SMARTS) is 1. The van der Waals surface area contributed by atoms with Gasteiger partial charge in [-0.1, -0.05) is 55.5 Å². The highest BCUT2D eigenvalue weighted by Gasteiger charge is 2.37. The number of carbonyl (C=O) groups is 3. The lowest BCUT2D eigenvalue weighted by Gasteiger charge is -2.29. The summed E-state index contributed by atoms with van der Waals surface area (Å²) in [5.41, 5.74) is 3.16. The second-order valence-corrected chi connectivity index (χ2v) is 9.27. The second-order valence-electron chi connectivity index (χ2n) is 8.28. The van der Waals surface area contributed by atoms with Crippen LogP contribution in [0.3, 0.4) is 0 Å². The lowest BCUT2D eigenvalue weighted by molar-refractivity contribution is -0.142. The second kappa shape index (κ2) is 10.7. The highest BCUT2D eigenvalue weighted by molar-refractivity contribution is 7.98. The first-order chi connectivity index (χ1) is 15.8. The van der Waals surface area contributed by atoms with Crippen LogP contribution in [0.25, 0.3) is 11.1 Å². The summed E-state index contributed by atoms with van der Waals surface area (Å²) in [7, 11) is 0. The van der Waals surface area contributed by atoms with Crippen LogP contribution < -0.4 is 10.6 Å². The van der Waals surface area contributed by atoms with Crippen molar-refractivity contribution in [1.29, 1.82) is 0 Å². The molecule has 2 unspecified atom stereocenters. The summed E-state index contributed by atoms with van der Waals surface area (Å²) in [5, 5.41) is 14.6. The van der Waals surface area contributed by atoms with E-state index < -0.39 is 29.6 Å². The van der Waals surface area contributed by atoms with Gasteiger partial charge in [-0.25, -0.2) is 9.59 Å². The molecule has 7 nitrogen and oxygen atoms in total. The average molecular weight is 471 g/mol. The standard InChI is InChI=1S/C25H30N2O5S/c1-4-25(2,23(30)26-21(22(28)29)13-14-33-3)27-24(31)32-15-20-18-11-7-5-9-16(18)17-10-6-8-12-19(17)20/h5-12,20-21H,4,13-15H2,1-3H3,(H,26,30)(H,27,31)(H,28,29). The number of hydrogen-bond acceptors (Lipinski definition) is 5. The van der Waals surface area contributed by atoms with E-state index in [0.29, 0.717) is 12.2 Å². The number of fused-ring (bicyclic) bond motifs is 3. The minimum Gasteiger partial charge on any atom is -0.480 e. The van der Waals surface area contributed by atoms with Crippen LogP contribution in [0.15, 0.2) is 48.5 Å². The summed E-state index contributed by atoms with van der Waals surface area (Å²) >= 11 is 1.50. The largest absolute Gasteiger partial charge is 0.480 e. The van der Waals surface area contributed by atoms with E-state index in [9.17, 15) is 19.5 Å².